The molecular weight excluding hydrogens is 212 g/mol. The Morgan fingerprint density at radius 3 is 2.53 bits per heavy atom. The summed E-state index contributed by atoms with van der Waals surface area (Å²) in [6.07, 6.45) is 1.83. The maximum atomic E-state index is 5.15. The van der Waals surface area contributed by atoms with Gasteiger partial charge in [0.2, 0.25) is 0 Å². The van der Waals surface area contributed by atoms with Gasteiger partial charge in [-0.1, -0.05) is 18.2 Å². The third kappa shape index (κ3) is 2.01. The van der Waals surface area contributed by atoms with Gasteiger partial charge in [0.25, 0.3) is 0 Å². The number of hydrogen-bond acceptors (Lipinski definition) is 3. The van der Waals surface area contributed by atoms with Crippen LogP contribution in [0.2, 0.25) is 0 Å². The van der Waals surface area contributed by atoms with E-state index in [0.717, 1.165) is 11.4 Å². The summed E-state index contributed by atoms with van der Waals surface area (Å²) < 4.78 is 5.15. The van der Waals surface area contributed by atoms with Crippen molar-refractivity contribution in [1.82, 2.24) is 10.3 Å². The molecule has 2 aromatic rings. The van der Waals surface area contributed by atoms with Crippen molar-refractivity contribution >= 4 is 0 Å². The number of hydrogen-bond donors (Lipinski definition) is 1. The molecule has 3 rings (SSSR count). The fraction of sp³-hybridized carbons (Fsp3) is 0.214. The Bertz CT molecular complexity index is 495. The van der Waals surface area contributed by atoms with E-state index >= 15 is 0 Å². The molecule has 0 radical (unpaired) electrons. The molecule has 1 N–H and O–H groups in total. The van der Waals surface area contributed by atoms with Crippen molar-refractivity contribution in [3.63, 3.8) is 0 Å². The minimum Gasteiger partial charge on any atom is -0.497 e. The average molecular weight is 226 g/mol. The molecular formula is C14H14N2O. The highest BCUT2D eigenvalue weighted by molar-refractivity contribution is 5.35. The second-order valence-corrected chi connectivity index (χ2v) is 4.15. The Morgan fingerprint density at radius 1 is 1.06 bits per heavy atom. The molecule has 1 fully saturated rings. The predicted octanol–water partition coefficient (Wildman–Crippen LogP) is 2.48. The van der Waals surface area contributed by atoms with E-state index in [1.165, 1.54) is 5.56 Å². The molecule has 0 spiro atoms. The average Bonchev–Trinajstić information content (AvgIpc) is 3.20. The Hall–Kier alpha value is -1.87. The van der Waals surface area contributed by atoms with Crippen LogP contribution in [0.15, 0.2) is 48.7 Å². The third-order valence-corrected chi connectivity index (χ3v) is 3.06. The molecule has 2 heterocycles. The predicted molar refractivity (Wildman–Crippen MR) is 65.8 cm³/mol. The van der Waals surface area contributed by atoms with Gasteiger partial charge in [0.15, 0.2) is 0 Å². The van der Waals surface area contributed by atoms with Gasteiger partial charge in [-0.05, 0) is 29.8 Å². The fourth-order valence-corrected chi connectivity index (χ4v) is 2.05. The number of pyridine rings is 1. The van der Waals surface area contributed by atoms with Crippen molar-refractivity contribution in [2.45, 2.75) is 12.1 Å². The van der Waals surface area contributed by atoms with Crippen molar-refractivity contribution in [1.29, 1.82) is 0 Å². The standard InChI is InChI=1S/C14H14N2O/c1-17-11-7-5-10(6-8-11)13-14(16-13)12-4-2-3-9-15-12/h2-9,13-14,16H,1H3/t13-,14-/m1/s1. The van der Waals surface area contributed by atoms with Crippen LogP contribution in [0.1, 0.15) is 23.3 Å². The number of nitrogens with zero attached hydrogens (tertiary/aromatic N) is 1. The van der Waals surface area contributed by atoms with Gasteiger partial charge in [-0.15, -0.1) is 0 Å². The van der Waals surface area contributed by atoms with Crippen LogP contribution in [0.3, 0.4) is 0 Å². The summed E-state index contributed by atoms with van der Waals surface area (Å²) in [6.45, 7) is 0. The van der Waals surface area contributed by atoms with Crippen LogP contribution in [-0.2, 0) is 0 Å². The molecule has 1 aliphatic heterocycles. The monoisotopic (exact) mass is 226 g/mol. The highest BCUT2D eigenvalue weighted by atomic mass is 16.5. The van der Waals surface area contributed by atoms with Gasteiger partial charge in [0.1, 0.15) is 5.75 Å². The van der Waals surface area contributed by atoms with E-state index in [-0.39, 0.29) is 0 Å². The first-order valence-corrected chi connectivity index (χ1v) is 5.69. The van der Waals surface area contributed by atoms with Gasteiger partial charge in [0, 0.05) is 6.20 Å². The lowest BCUT2D eigenvalue weighted by Crippen LogP contribution is -1.88. The largest absolute Gasteiger partial charge is 0.497 e. The third-order valence-electron chi connectivity index (χ3n) is 3.06. The summed E-state index contributed by atoms with van der Waals surface area (Å²) in [6, 6.07) is 14.9. The molecule has 2 atom stereocenters. The van der Waals surface area contributed by atoms with Gasteiger partial charge < -0.3 is 4.74 Å². The second kappa shape index (κ2) is 4.18. The molecule has 86 valence electrons. The minimum atomic E-state index is 0.351. The summed E-state index contributed by atoms with van der Waals surface area (Å²) in [5, 5.41) is 3.44. The summed E-state index contributed by atoms with van der Waals surface area (Å²) in [7, 11) is 1.68. The van der Waals surface area contributed by atoms with Crippen LogP contribution in [0.4, 0.5) is 0 Å². The smallest absolute Gasteiger partial charge is 0.118 e. The lowest BCUT2D eigenvalue weighted by Gasteiger charge is -2.01. The number of ether oxygens (including phenoxy) is 1. The maximum Gasteiger partial charge on any atom is 0.118 e. The zero-order chi connectivity index (χ0) is 11.7. The summed E-state index contributed by atoms with van der Waals surface area (Å²) in [5.74, 6) is 0.892. The van der Waals surface area contributed by atoms with Crippen LogP contribution < -0.4 is 10.1 Å². The van der Waals surface area contributed by atoms with Crippen molar-refractivity contribution in [2.24, 2.45) is 0 Å². The number of rotatable bonds is 3. The Morgan fingerprint density at radius 2 is 1.88 bits per heavy atom. The quantitative estimate of drug-likeness (QED) is 0.818. The molecule has 1 saturated heterocycles. The van der Waals surface area contributed by atoms with Gasteiger partial charge in [-0.25, -0.2) is 0 Å². The lowest BCUT2D eigenvalue weighted by molar-refractivity contribution is 0.414. The molecule has 3 nitrogen and oxygen atoms in total. The van der Waals surface area contributed by atoms with E-state index in [9.17, 15) is 0 Å². The Labute approximate surface area is 100 Å². The Balaban J connectivity index is 1.76. The van der Waals surface area contributed by atoms with Gasteiger partial charge in [-0.2, -0.15) is 0 Å². The summed E-state index contributed by atoms with van der Waals surface area (Å²) in [5.41, 5.74) is 2.38. The molecule has 0 saturated carbocycles. The van der Waals surface area contributed by atoms with E-state index < -0.39 is 0 Å². The fourth-order valence-electron chi connectivity index (χ4n) is 2.05. The zero-order valence-electron chi connectivity index (χ0n) is 9.63. The summed E-state index contributed by atoms with van der Waals surface area (Å²) in [4.78, 5) is 4.36. The van der Waals surface area contributed by atoms with E-state index in [1.807, 2.05) is 30.5 Å². The number of aromatic nitrogens is 1. The van der Waals surface area contributed by atoms with Gasteiger partial charge >= 0.3 is 0 Å². The first kappa shape index (κ1) is 10.3. The topological polar surface area (TPSA) is 44.1 Å². The van der Waals surface area contributed by atoms with E-state index in [0.29, 0.717) is 12.1 Å². The molecule has 3 heteroatoms. The maximum absolute atomic E-state index is 5.15. The lowest BCUT2D eigenvalue weighted by atomic mass is 10.1. The van der Waals surface area contributed by atoms with E-state index in [4.69, 9.17) is 4.74 Å². The summed E-state index contributed by atoms with van der Waals surface area (Å²) >= 11 is 0. The molecule has 0 unspecified atom stereocenters. The molecule has 1 aromatic heterocycles. The van der Waals surface area contributed by atoms with Crippen LogP contribution in [0, 0.1) is 0 Å². The number of methoxy groups -OCH3 is 1. The molecule has 0 bridgehead atoms. The normalized spacial score (nSPS) is 22.2. The van der Waals surface area contributed by atoms with Crippen molar-refractivity contribution < 1.29 is 4.74 Å². The molecule has 0 amide bonds. The van der Waals surface area contributed by atoms with Crippen LogP contribution >= 0.6 is 0 Å². The van der Waals surface area contributed by atoms with Gasteiger partial charge in [-0.3, -0.25) is 10.3 Å². The van der Waals surface area contributed by atoms with Crippen molar-refractivity contribution in [2.75, 3.05) is 7.11 Å². The Kier molecular flexibility index (Phi) is 2.53. The first-order valence-electron chi connectivity index (χ1n) is 5.69. The number of nitrogens with one attached hydrogen (secondary N) is 1. The van der Waals surface area contributed by atoms with Crippen LogP contribution in [-0.4, -0.2) is 12.1 Å². The molecule has 17 heavy (non-hydrogen) atoms. The molecule has 1 aliphatic rings. The first-order chi connectivity index (χ1) is 8.38. The molecule has 1 aromatic carbocycles. The van der Waals surface area contributed by atoms with Crippen LogP contribution in [0.25, 0.3) is 0 Å². The zero-order valence-corrected chi connectivity index (χ0v) is 9.63. The van der Waals surface area contributed by atoms with E-state index in [1.54, 1.807) is 7.11 Å². The minimum absolute atomic E-state index is 0.351. The van der Waals surface area contributed by atoms with Gasteiger partial charge in [0.05, 0.1) is 24.9 Å². The van der Waals surface area contributed by atoms with Crippen molar-refractivity contribution in [3.8, 4) is 5.75 Å². The van der Waals surface area contributed by atoms with E-state index in [2.05, 4.69) is 28.5 Å². The van der Waals surface area contributed by atoms with Crippen LogP contribution in [0.5, 0.6) is 5.75 Å². The van der Waals surface area contributed by atoms with Crippen molar-refractivity contribution in [3.05, 3.63) is 59.9 Å². The SMILES string of the molecule is COc1ccc([C@H]2N[C@@H]2c2ccccn2)cc1. The number of benzene rings is 1. The molecule has 0 aliphatic carbocycles. The highest BCUT2D eigenvalue weighted by Crippen LogP contribution is 2.41. The second-order valence-electron chi connectivity index (χ2n) is 4.15. The highest BCUT2D eigenvalue weighted by Gasteiger charge is 2.39.